The van der Waals surface area contributed by atoms with Crippen LogP contribution in [-0.4, -0.2) is 28.4 Å². The summed E-state index contributed by atoms with van der Waals surface area (Å²) < 4.78 is 10.1. The van der Waals surface area contributed by atoms with E-state index in [-0.39, 0.29) is 6.01 Å². The van der Waals surface area contributed by atoms with Crippen LogP contribution < -0.4 is 9.47 Å². The summed E-state index contributed by atoms with van der Waals surface area (Å²) in [7, 11) is 0. The molecular formula is C8H11N3O2. The number of H-pyrrole nitrogens is 1. The number of hydrogen-bond donors (Lipinski definition) is 1. The van der Waals surface area contributed by atoms with Crippen molar-refractivity contribution < 1.29 is 9.47 Å². The maximum Gasteiger partial charge on any atom is 0.338 e. The average molecular weight is 181 g/mol. The highest BCUT2D eigenvalue weighted by atomic mass is 16.5. The second kappa shape index (κ2) is 4.97. The number of ether oxygens (including phenoxy) is 2. The fourth-order valence-corrected chi connectivity index (χ4v) is 0.633. The van der Waals surface area contributed by atoms with E-state index in [1.807, 2.05) is 0 Å². The van der Waals surface area contributed by atoms with E-state index >= 15 is 0 Å². The van der Waals surface area contributed by atoms with Crippen molar-refractivity contribution in [2.24, 2.45) is 0 Å². The summed E-state index contributed by atoms with van der Waals surface area (Å²) in [5.41, 5.74) is 0. The lowest BCUT2D eigenvalue weighted by Gasteiger charge is -1.94. The van der Waals surface area contributed by atoms with E-state index in [4.69, 9.17) is 9.47 Å². The maximum atomic E-state index is 5.06. The smallest absolute Gasteiger partial charge is 0.338 e. The van der Waals surface area contributed by atoms with Crippen molar-refractivity contribution >= 4 is 0 Å². The van der Waals surface area contributed by atoms with Gasteiger partial charge in [0.15, 0.2) is 0 Å². The van der Waals surface area contributed by atoms with Gasteiger partial charge in [0.25, 0.3) is 0 Å². The van der Waals surface area contributed by atoms with Gasteiger partial charge in [0.2, 0.25) is 0 Å². The van der Waals surface area contributed by atoms with Gasteiger partial charge in [-0.3, -0.25) is 0 Å². The van der Waals surface area contributed by atoms with Gasteiger partial charge in [-0.1, -0.05) is 25.3 Å². The van der Waals surface area contributed by atoms with Gasteiger partial charge in [0.1, 0.15) is 13.2 Å². The van der Waals surface area contributed by atoms with Crippen molar-refractivity contribution in [1.29, 1.82) is 0 Å². The molecule has 0 saturated heterocycles. The molecule has 0 bridgehead atoms. The number of aromatic nitrogens is 3. The Kier molecular flexibility index (Phi) is 3.56. The first-order valence-corrected chi connectivity index (χ1v) is 3.76. The molecule has 0 aliphatic rings. The van der Waals surface area contributed by atoms with E-state index in [0.29, 0.717) is 19.2 Å². The first-order valence-electron chi connectivity index (χ1n) is 3.76. The van der Waals surface area contributed by atoms with Crippen LogP contribution >= 0.6 is 0 Å². The normalized spacial score (nSPS) is 9.23. The summed E-state index contributed by atoms with van der Waals surface area (Å²) >= 11 is 0. The van der Waals surface area contributed by atoms with Crippen LogP contribution in [0.15, 0.2) is 25.3 Å². The third kappa shape index (κ3) is 2.98. The molecule has 70 valence electrons. The number of nitrogens with zero attached hydrogens (tertiary/aromatic N) is 2. The minimum absolute atomic E-state index is 0.249. The Morgan fingerprint density at radius 3 is 2.62 bits per heavy atom. The van der Waals surface area contributed by atoms with E-state index in [1.54, 1.807) is 12.2 Å². The minimum Gasteiger partial charge on any atom is -0.459 e. The standard InChI is InChI=1S/C8H11N3O2/c1-3-5-12-7-9-8(11-10-7)13-6-4-2/h3-4H,1-2,5-6H2,(H,9,10,11). The second-order valence-electron chi connectivity index (χ2n) is 2.12. The van der Waals surface area contributed by atoms with Gasteiger partial charge in [0, 0.05) is 0 Å². The predicted octanol–water partition coefficient (Wildman–Crippen LogP) is 0.934. The number of nitrogens with one attached hydrogen (secondary N) is 1. The molecule has 1 aromatic rings. The molecule has 1 N–H and O–H groups in total. The summed E-state index contributed by atoms with van der Waals surface area (Å²) in [4.78, 5) is 3.88. The molecule has 5 heteroatoms. The zero-order valence-corrected chi connectivity index (χ0v) is 7.19. The third-order valence-electron chi connectivity index (χ3n) is 1.11. The van der Waals surface area contributed by atoms with Gasteiger partial charge in [-0.15, -0.1) is 10.1 Å². The Morgan fingerprint density at radius 1 is 1.23 bits per heavy atom. The molecule has 5 nitrogen and oxygen atoms in total. The molecule has 0 aliphatic carbocycles. The molecule has 0 radical (unpaired) electrons. The van der Waals surface area contributed by atoms with Crippen LogP contribution in [0.3, 0.4) is 0 Å². The van der Waals surface area contributed by atoms with Crippen LogP contribution in [0.25, 0.3) is 0 Å². The highest BCUT2D eigenvalue weighted by molar-refractivity contribution is 5.00. The lowest BCUT2D eigenvalue weighted by Crippen LogP contribution is -1.95. The molecular weight excluding hydrogens is 170 g/mol. The molecule has 0 aliphatic heterocycles. The van der Waals surface area contributed by atoms with E-state index in [9.17, 15) is 0 Å². The fraction of sp³-hybridized carbons (Fsp3) is 0.250. The van der Waals surface area contributed by atoms with Crippen LogP contribution in [-0.2, 0) is 0 Å². The Balaban J connectivity index is 2.43. The molecule has 0 amide bonds. The molecule has 1 heterocycles. The van der Waals surface area contributed by atoms with Crippen LogP contribution in [0.5, 0.6) is 12.0 Å². The first-order chi connectivity index (χ1) is 6.36. The van der Waals surface area contributed by atoms with Crippen molar-refractivity contribution in [2.75, 3.05) is 13.2 Å². The van der Waals surface area contributed by atoms with Crippen molar-refractivity contribution in [3.63, 3.8) is 0 Å². The average Bonchev–Trinajstić information content (AvgIpc) is 2.59. The Morgan fingerprint density at radius 2 is 1.92 bits per heavy atom. The van der Waals surface area contributed by atoms with Gasteiger partial charge >= 0.3 is 12.0 Å². The van der Waals surface area contributed by atoms with Gasteiger partial charge in [-0.05, 0) is 0 Å². The van der Waals surface area contributed by atoms with E-state index in [0.717, 1.165) is 0 Å². The summed E-state index contributed by atoms with van der Waals surface area (Å²) in [5, 5.41) is 6.30. The quantitative estimate of drug-likeness (QED) is 0.663. The van der Waals surface area contributed by atoms with E-state index < -0.39 is 0 Å². The number of hydrogen-bond acceptors (Lipinski definition) is 4. The molecule has 0 aromatic carbocycles. The summed E-state index contributed by atoms with van der Waals surface area (Å²) in [6.07, 6.45) is 3.23. The molecule has 13 heavy (non-hydrogen) atoms. The van der Waals surface area contributed by atoms with Gasteiger partial charge in [-0.25, -0.2) is 5.10 Å². The molecule has 0 spiro atoms. The van der Waals surface area contributed by atoms with Crippen LogP contribution in [0, 0.1) is 0 Å². The topological polar surface area (TPSA) is 60.0 Å². The molecule has 0 fully saturated rings. The number of rotatable bonds is 6. The highest BCUT2D eigenvalue weighted by Crippen LogP contribution is 2.07. The molecule has 0 atom stereocenters. The molecule has 0 saturated carbocycles. The monoisotopic (exact) mass is 181 g/mol. The van der Waals surface area contributed by atoms with Gasteiger partial charge in [-0.2, -0.15) is 0 Å². The highest BCUT2D eigenvalue weighted by Gasteiger charge is 2.02. The minimum atomic E-state index is 0.249. The predicted molar refractivity (Wildman–Crippen MR) is 47.8 cm³/mol. The Labute approximate surface area is 76.1 Å². The molecule has 1 aromatic heterocycles. The van der Waals surface area contributed by atoms with E-state index in [2.05, 4.69) is 28.3 Å². The van der Waals surface area contributed by atoms with E-state index in [1.165, 1.54) is 0 Å². The fourth-order valence-electron chi connectivity index (χ4n) is 0.633. The lowest BCUT2D eigenvalue weighted by molar-refractivity contribution is 0.320. The third-order valence-corrected chi connectivity index (χ3v) is 1.11. The summed E-state index contributed by atoms with van der Waals surface area (Å²) in [6.45, 7) is 7.76. The van der Waals surface area contributed by atoms with Crippen molar-refractivity contribution in [2.45, 2.75) is 0 Å². The zero-order valence-electron chi connectivity index (χ0n) is 7.19. The molecule has 0 unspecified atom stereocenters. The van der Waals surface area contributed by atoms with Crippen molar-refractivity contribution in [3.8, 4) is 12.0 Å². The Bertz CT molecular complexity index is 256. The molecule has 1 rings (SSSR count). The van der Waals surface area contributed by atoms with Crippen LogP contribution in [0.4, 0.5) is 0 Å². The maximum absolute atomic E-state index is 5.06. The zero-order chi connectivity index (χ0) is 9.52. The van der Waals surface area contributed by atoms with Gasteiger partial charge in [0.05, 0.1) is 0 Å². The SMILES string of the molecule is C=CCOc1n[nH]c(OCC=C)n1. The van der Waals surface area contributed by atoms with Gasteiger partial charge < -0.3 is 9.47 Å². The number of aromatic amines is 1. The van der Waals surface area contributed by atoms with Crippen molar-refractivity contribution in [3.05, 3.63) is 25.3 Å². The Hall–Kier alpha value is -1.78. The first kappa shape index (κ1) is 9.31. The van der Waals surface area contributed by atoms with Crippen LogP contribution in [0.1, 0.15) is 0 Å². The van der Waals surface area contributed by atoms with Crippen molar-refractivity contribution in [1.82, 2.24) is 15.2 Å². The van der Waals surface area contributed by atoms with Crippen LogP contribution in [0.2, 0.25) is 0 Å². The largest absolute Gasteiger partial charge is 0.459 e. The lowest BCUT2D eigenvalue weighted by atomic mass is 10.7. The second-order valence-corrected chi connectivity index (χ2v) is 2.12. The summed E-state index contributed by atoms with van der Waals surface area (Å²) in [5.74, 6) is 0. The summed E-state index contributed by atoms with van der Waals surface area (Å²) in [6, 6.07) is 0.568.